The van der Waals surface area contributed by atoms with Crippen molar-refractivity contribution in [2.75, 3.05) is 0 Å². The standard InChI is InChI=1S/C5H6O3S2.Na.H/c6-10(7,8)4-5-1-2-9-3-5;;/h1-3H,4H2,(H,6,7,8);;/q;+1;-1. The van der Waals surface area contributed by atoms with Gasteiger partial charge in [-0.25, -0.2) is 0 Å². The van der Waals surface area contributed by atoms with Crippen LogP contribution in [0, 0.1) is 0 Å². The molecule has 3 nitrogen and oxygen atoms in total. The van der Waals surface area contributed by atoms with Gasteiger partial charge in [0.25, 0.3) is 10.1 Å². The summed E-state index contributed by atoms with van der Waals surface area (Å²) in [5.41, 5.74) is 0.632. The fraction of sp³-hybridized carbons (Fsp3) is 0.200. The number of hydrogen-bond donors (Lipinski definition) is 1. The average Bonchev–Trinajstić information content (AvgIpc) is 2.12. The maximum absolute atomic E-state index is 10.3. The van der Waals surface area contributed by atoms with Crippen LogP contribution in [-0.4, -0.2) is 13.0 Å². The van der Waals surface area contributed by atoms with E-state index in [-0.39, 0.29) is 36.7 Å². The third kappa shape index (κ3) is 4.95. The molecule has 0 radical (unpaired) electrons. The van der Waals surface area contributed by atoms with Crippen LogP contribution in [0.5, 0.6) is 0 Å². The third-order valence-electron chi connectivity index (χ3n) is 0.929. The summed E-state index contributed by atoms with van der Waals surface area (Å²) in [6.45, 7) is 0. The Morgan fingerprint density at radius 3 is 2.64 bits per heavy atom. The summed E-state index contributed by atoms with van der Waals surface area (Å²) in [4.78, 5) is 0. The minimum absolute atomic E-state index is 0. The number of thiophene rings is 1. The van der Waals surface area contributed by atoms with Gasteiger partial charge in [-0.2, -0.15) is 19.8 Å². The first-order valence-corrected chi connectivity index (χ1v) is 5.09. The second kappa shape index (κ2) is 4.59. The Morgan fingerprint density at radius 2 is 2.27 bits per heavy atom. The van der Waals surface area contributed by atoms with Crippen molar-refractivity contribution in [1.29, 1.82) is 0 Å². The molecule has 0 aliphatic rings. The van der Waals surface area contributed by atoms with Gasteiger partial charge in [-0.1, -0.05) is 0 Å². The van der Waals surface area contributed by atoms with Crippen LogP contribution < -0.4 is 29.6 Å². The first kappa shape index (κ1) is 11.6. The zero-order valence-corrected chi connectivity index (χ0v) is 9.65. The van der Waals surface area contributed by atoms with E-state index in [4.69, 9.17) is 4.55 Å². The Balaban J connectivity index is 0. The molecule has 1 aromatic heterocycles. The van der Waals surface area contributed by atoms with Gasteiger partial charge in [0.1, 0.15) is 5.75 Å². The molecule has 1 N–H and O–H groups in total. The van der Waals surface area contributed by atoms with Gasteiger partial charge in [-0.05, 0) is 22.4 Å². The molecule has 0 aliphatic carbocycles. The minimum Gasteiger partial charge on any atom is -1.00 e. The molecule has 0 amide bonds. The predicted molar refractivity (Wildman–Crippen MR) is 40.7 cm³/mol. The normalized spacial score (nSPS) is 10.6. The van der Waals surface area contributed by atoms with Crippen LogP contribution in [0.25, 0.3) is 0 Å². The van der Waals surface area contributed by atoms with Crippen molar-refractivity contribution < 1.29 is 44.0 Å². The smallest absolute Gasteiger partial charge is 1.00 e. The van der Waals surface area contributed by atoms with Crippen LogP contribution >= 0.6 is 11.3 Å². The van der Waals surface area contributed by atoms with Crippen molar-refractivity contribution in [2.45, 2.75) is 5.75 Å². The summed E-state index contributed by atoms with van der Waals surface area (Å²) in [6.07, 6.45) is 0. The van der Waals surface area contributed by atoms with E-state index >= 15 is 0 Å². The van der Waals surface area contributed by atoms with Gasteiger partial charge in [0, 0.05) is 0 Å². The second-order valence-corrected chi connectivity index (χ2v) is 4.09. The molecule has 0 atom stereocenters. The van der Waals surface area contributed by atoms with E-state index in [2.05, 4.69) is 0 Å². The first-order valence-electron chi connectivity index (χ1n) is 2.54. The molecule has 58 valence electrons. The van der Waals surface area contributed by atoms with Gasteiger partial charge in [0.2, 0.25) is 0 Å². The topological polar surface area (TPSA) is 54.4 Å². The molecule has 11 heavy (non-hydrogen) atoms. The summed E-state index contributed by atoms with van der Waals surface area (Å²) in [5.74, 6) is -0.281. The Hall–Kier alpha value is 0.610. The van der Waals surface area contributed by atoms with Crippen LogP contribution in [0.4, 0.5) is 0 Å². The van der Waals surface area contributed by atoms with Crippen molar-refractivity contribution in [3.8, 4) is 0 Å². The van der Waals surface area contributed by atoms with Crippen LogP contribution in [-0.2, 0) is 15.9 Å². The van der Waals surface area contributed by atoms with Crippen molar-refractivity contribution in [3.63, 3.8) is 0 Å². The molecular formula is C5H7NaO3S2. The Bertz CT molecular complexity index is 295. The van der Waals surface area contributed by atoms with Crippen LogP contribution in [0.3, 0.4) is 0 Å². The molecule has 0 bridgehead atoms. The van der Waals surface area contributed by atoms with Gasteiger partial charge < -0.3 is 1.43 Å². The van der Waals surface area contributed by atoms with Crippen molar-refractivity contribution in [2.24, 2.45) is 0 Å². The molecule has 6 heteroatoms. The summed E-state index contributed by atoms with van der Waals surface area (Å²) >= 11 is 1.40. The van der Waals surface area contributed by atoms with Crippen LogP contribution in [0.1, 0.15) is 6.99 Å². The van der Waals surface area contributed by atoms with Crippen molar-refractivity contribution in [3.05, 3.63) is 22.4 Å². The summed E-state index contributed by atoms with van der Waals surface area (Å²) in [6, 6.07) is 1.67. The van der Waals surface area contributed by atoms with Crippen molar-refractivity contribution in [1.82, 2.24) is 0 Å². The predicted octanol–water partition coefficient (Wildman–Crippen LogP) is -1.75. The zero-order valence-electron chi connectivity index (χ0n) is 7.02. The molecule has 0 aliphatic heterocycles. The summed E-state index contributed by atoms with van der Waals surface area (Å²) in [7, 11) is -3.84. The number of hydrogen-bond acceptors (Lipinski definition) is 3. The van der Waals surface area contributed by atoms with Crippen LogP contribution in [0.15, 0.2) is 16.8 Å². The molecular weight excluding hydrogens is 195 g/mol. The van der Waals surface area contributed by atoms with E-state index in [1.807, 2.05) is 0 Å². The van der Waals surface area contributed by atoms with Gasteiger partial charge in [0.15, 0.2) is 0 Å². The van der Waals surface area contributed by atoms with E-state index in [0.29, 0.717) is 5.56 Å². The molecule has 1 heterocycles. The minimum atomic E-state index is -3.84. The molecule has 1 aromatic rings. The van der Waals surface area contributed by atoms with Gasteiger partial charge in [-0.3, -0.25) is 4.55 Å². The largest absolute Gasteiger partial charge is 1.00 e. The van der Waals surface area contributed by atoms with E-state index in [0.717, 1.165) is 0 Å². The molecule has 0 saturated carbocycles. The molecule has 0 unspecified atom stereocenters. The molecule has 0 fully saturated rings. The molecule has 0 saturated heterocycles. The Labute approximate surface area is 93.0 Å². The van der Waals surface area contributed by atoms with E-state index in [9.17, 15) is 8.42 Å². The fourth-order valence-corrected chi connectivity index (χ4v) is 1.96. The fourth-order valence-electron chi connectivity index (χ4n) is 0.585. The van der Waals surface area contributed by atoms with Gasteiger partial charge in [-0.15, -0.1) is 0 Å². The zero-order chi connectivity index (χ0) is 7.61. The summed E-state index contributed by atoms with van der Waals surface area (Å²) in [5, 5.41) is 3.45. The van der Waals surface area contributed by atoms with Crippen LogP contribution in [0.2, 0.25) is 0 Å². The summed E-state index contributed by atoms with van der Waals surface area (Å²) < 4.78 is 28.9. The van der Waals surface area contributed by atoms with E-state index < -0.39 is 10.1 Å². The number of rotatable bonds is 2. The average molecular weight is 202 g/mol. The molecule has 0 aromatic carbocycles. The Kier molecular flexibility index (Phi) is 4.85. The third-order valence-corrected chi connectivity index (χ3v) is 2.36. The van der Waals surface area contributed by atoms with Gasteiger partial charge >= 0.3 is 29.6 Å². The van der Waals surface area contributed by atoms with E-state index in [1.165, 1.54) is 11.3 Å². The maximum atomic E-state index is 10.3. The maximum Gasteiger partial charge on any atom is 1.00 e. The first-order chi connectivity index (χ1) is 4.58. The van der Waals surface area contributed by atoms with E-state index in [1.54, 1.807) is 16.8 Å². The van der Waals surface area contributed by atoms with Gasteiger partial charge in [0.05, 0.1) is 0 Å². The SMILES string of the molecule is O=S(=O)(O)Cc1ccsc1.[H-].[Na+]. The quantitative estimate of drug-likeness (QED) is 0.457. The molecule has 0 spiro atoms. The second-order valence-electron chi connectivity index (χ2n) is 1.86. The molecule has 1 rings (SSSR count). The Morgan fingerprint density at radius 1 is 1.64 bits per heavy atom. The monoisotopic (exact) mass is 202 g/mol. The van der Waals surface area contributed by atoms with Crippen molar-refractivity contribution >= 4 is 21.5 Å².